The number of hydrogen-bond donors (Lipinski definition) is 1. The number of non-ortho nitro benzene ring substituents is 1. The van der Waals surface area contributed by atoms with E-state index in [1.165, 1.54) is 12.3 Å². The van der Waals surface area contributed by atoms with Crippen molar-refractivity contribution in [3.8, 4) is 0 Å². The molecule has 0 radical (unpaired) electrons. The molecule has 0 saturated heterocycles. The Morgan fingerprint density at radius 3 is 2.55 bits per heavy atom. The molecule has 1 heterocycles. The summed E-state index contributed by atoms with van der Waals surface area (Å²) in [5.74, 6) is 0. The number of nitro benzene ring substituents is 2. The smallest absolute Gasteiger partial charge is 0.272 e. The molecule has 1 N–H and O–H groups in total. The fourth-order valence-corrected chi connectivity index (χ4v) is 2.90. The Balaban J connectivity index is 1.81. The minimum Gasteiger partial charge on any atom is -0.272 e. The van der Waals surface area contributed by atoms with Gasteiger partial charge in [-0.1, -0.05) is 41.9 Å². The third-order valence-electron chi connectivity index (χ3n) is 4.05. The summed E-state index contributed by atoms with van der Waals surface area (Å²) in [6.45, 7) is 2.25. The van der Waals surface area contributed by atoms with E-state index in [1.807, 2.05) is 30.3 Å². The largest absolute Gasteiger partial charge is 0.301 e. The molecule has 0 aliphatic rings. The van der Waals surface area contributed by atoms with Crippen LogP contribution in [0, 0.1) is 27.2 Å². The van der Waals surface area contributed by atoms with Gasteiger partial charge in [0.15, 0.2) is 0 Å². The number of nitrogens with zero attached hydrogens (tertiary/aromatic N) is 5. The number of anilines is 1. The number of nitro groups is 2. The van der Waals surface area contributed by atoms with Crippen LogP contribution in [0.1, 0.15) is 16.8 Å². The van der Waals surface area contributed by atoms with Crippen molar-refractivity contribution in [2.24, 2.45) is 5.10 Å². The van der Waals surface area contributed by atoms with Crippen LogP contribution in [0.4, 0.5) is 17.1 Å². The highest BCUT2D eigenvalue weighted by Gasteiger charge is 2.19. The van der Waals surface area contributed by atoms with E-state index < -0.39 is 15.5 Å². The maximum Gasteiger partial charge on any atom is 0.301 e. The lowest BCUT2D eigenvalue weighted by Gasteiger charge is -2.03. The normalized spacial score (nSPS) is 11.0. The summed E-state index contributed by atoms with van der Waals surface area (Å²) in [6, 6.07) is 12.9. The molecule has 3 rings (SSSR count). The van der Waals surface area contributed by atoms with E-state index in [1.54, 1.807) is 11.6 Å². The first kappa shape index (κ1) is 20.0. The van der Waals surface area contributed by atoms with Crippen molar-refractivity contribution in [1.29, 1.82) is 0 Å². The third kappa shape index (κ3) is 4.55. The number of nitrogens with one attached hydrogen (secondary N) is 1. The maximum atomic E-state index is 11.2. The summed E-state index contributed by atoms with van der Waals surface area (Å²) >= 11 is 6.40. The summed E-state index contributed by atoms with van der Waals surface area (Å²) in [4.78, 5) is 20.5. The number of hydrogen-bond acceptors (Lipinski definition) is 7. The van der Waals surface area contributed by atoms with Crippen molar-refractivity contribution in [3.63, 3.8) is 0 Å². The van der Waals surface area contributed by atoms with Crippen LogP contribution < -0.4 is 5.43 Å². The van der Waals surface area contributed by atoms with Crippen molar-refractivity contribution in [2.75, 3.05) is 5.43 Å². The van der Waals surface area contributed by atoms with Gasteiger partial charge in [-0.25, -0.2) is 4.68 Å². The molecule has 29 heavy (non-hydrogen) atoms. The quantitative estimate of drug-likeness (QED) is 0.351. The summed E-state index contributed by atoms with van der Waals surface area (Å²) in [6.07, 6.45) is 1.40. The molecule has 0 saturated carbocycles. The molecular weight excluding hydrogens is 400 g/mol. The second-order valence-corrected chi connectivity index (χ2v) is 6.38. The van der Waals surface area contributed by atoms with E-state index in [4.69, 9.17) is 11.6 Å². The Hall–Kier alpha value is -3.79. The van der Waals surface area contributed by atoms with Crippen molar-refractivity contribution >= 4 is 34.9 Å². The van der Waals surface area contributed by atoms with E-state index >= 15 is 0 Å². The molecule has 11 heteroatoms. The van der Waals surface area contributed by atoms with E-state index in [2.05, 4.69) is 15.6 Å². The van der Waals surface area contributed by atoms with Crippen LogP contribution in [0.5, 0.6) is 0 Å². The topological polar surface area (TPSA) is 128 Å². The summed E-state index contributed by atoms with van der Waals surface area (Å²) in [7, 11) is 0. The minimum absolute atomic E-state index is 0.0160. The van der Waals surface area contributed by atoms with Crippen LogP contribution in [-0.2, 0) is 6.54 Å². The van der Waals surface area contributed by atoms with Crippen molar-refractivity contribution in [3.05, 3.63) is 90.7 Å². The van der Waals surface area contributed by atoms with Gasteiger partial charge in [0.2, 0.25) is 0 Å². The third-order valence-corrected chi connectivity index (χ3v) is 4.45. The van der Waals surface area contributed by atoms with Crippen LogP contribution in [0.25, 0.3) is 0 Å². The summed E-state index contributed by atoms with van der Waals surface area (Å²) in [5.41, 5.74) is 3.92. The monoisotopic (exact) mass is 414 g/mol. The Kier molecular flexibility index (Phi) is 5.84. The Labute approximate surface area is 169 Å². The minimum atomic E-state index is -0.721. The van der Waals surface area contributed by atoms with Crippen LogP contribution in [-0.4, -0.2) is 25.8 Å². The molecular formula is C18H15ClN6O4. The molecule has 1 aromatic heterocycles. The Morgan fingerprint density at radius 1 is 1.17 bits per heavy atom. The number of aryl methyl sites for hydroxylation is 1. The van der Waals surface area contributed by atoms with Crippen LogP contribution in [0.2, 0.25) is 5.15 Å². The molecule has 0 amide bonds. The second kappa shape index (κ2) is 8.48. The Morgan fingerprint density at radius 2 is 1.90 bits per heavy atom. The van der Waals surface area contributed by atoms with Crippen LogP contribution in [0.15, 0.2) is 53.6 Å². The lowest BCUT2D eigenvalue weighted by atomic mass is 10.2. The average molecular weight is 415 g/mol. The molecule has 10 nitrogen and oxygen atoms in total. The zero-order valence-corrected chi connectivity index (χ0v) is 15.9. The second-order valence-electron chi connectivity index (χ2n) is 6.02. The Bertz CT molecular complexity index is 1100. The van der Waals surface area contributed by atoms with E-state index in [-0.39, 0.29) is 11.4 Å². The van der Waals surface area contributed by atoms with E-state index in [9.17, 15) is 20.2 Å². The molecule has 3 aromatic rings. The predicted octanol–water partition coefficient (Wildman–Crippen LogP) is 4.16. The van der Waals surface area contributed by atoms with E-state index in [0.29, 0.717) is 23.0 Å². The van der Waals surface area contributed by atoms with Gasteiger partial charge in [-0.05, 0) is 18.6 Å². The van der Waals surface area contributed by atoms with Gasteiger partial charge in [-0.2, -0.15) is 10.2 Å². The summed E-state index contributed by atoms with van der Waals surface area (Å²) in [5, 5.41) is 30.7. The first-order valence-electron chi connectivity index (χ1n) is 8.35. The zero-order chi connectivity index (χ0) is 21.0. The fourth-order valence-electron chi connectivity index (χ4n) is 2.62. The average Bonchev–Trinajstić information content (AvgIpc) is 2.96. The molecule has 0 aliphatic heterocycles. The van der Waals surface area contributed by atoms with Crippen LogP contribution in [0.3, 0.4) is 0 Å². The van der Waals surface area contributed by atoms with Gasteiger partial charge in [0, 0.05) is 6.07 Å². The van der Waals surface area contributed by atoms with Crippen molar-refractivity contribution in [2.45, 2.75) is 13.5 Å². The highest BCUT2D eigenvalue weighted by Crippen LogP contribution is 2.29. The summed E-state index contributed by atoms with van der Waals surface area (Å²) < 4.78 is 1.63. The zero-order valence-electron chi connectivity index (χ0n) is 15.2. The molecule has 0 atom stereocenters. The SMILES string of the molecule is Cc1nn(Cc2ccccc2)c(Cl)c1/C=N\Nc1ccc([N+](=O)[O-])cc1[N+](=O)[O-]. The van der Waals surface area contributed by atoms with Gasteiger partial charge in [-0.15, -0.1) is 0 Å². The predicted molar refractivity (Wildman–Crippen MR) is 108 cm³/mol. The van der Waals surface area contributed by atoms with E-state index in [0.717, 1.165) is 17.7 Å². The van der Waals surface area contributed by atoms with Crippen molar-refractivity contribution in [1.82, 2.24) is 9.78 Å². The number of rotatable bonds is 7. The molecule has 0 unspecified atom stereocenters. The maximum absolute atomic E-state index is 11.2. The number of halogens is 1. The van der Waals surface area contributed by atoms with Gasteiger partial charge in [0.25, 0.3) is 5.69 Å². The van der Waals surface area contributed by atoms with Gasteiger partial charge < -0.3 is 0 Å². The standard InChI is InChI=1S/C18H15ClN6O4/c1-12-15(18(19)23(22-12)11-13-5-3-2-4-6-13)10-20-21-16-8-7-14(24(26)27)9-17(16)25(28)29/h2-10,21H,11H2,1H3/b20-10-. The molecule has 0 spiro atoms. The number of aromatic nitrogens is 2. The lowest BCUT2D eigenvalue weighted by molar-refractivity contribution is -0.393. The fraction of sp³-hybridized carbons (Fsp3) is 0.111. The van der Waals surface area contributed by atoms with Gasteiger partial charge in [0.05, 0.1) is 39.9 Å². The number of benzene rings is 2. The first-order chi connectivity index (χ1) is 13.9. The molecule has 0 fully saturated rings. The van der Waals surface area contributed by atoms with Crippen LogP contribution >= 0.6 is 11.6 Å². The highest BCUT2D eigenvalue weighted by atomic mass is 35.5. The lowest BCUT2D eigenvalue weighted by Crippen LogP contribution is -2.02. The molecule has 0 aliphatic carbocycles. The molecule has 148 valence electrons. The van der Waals surface area contributed by atoms with Gasteiger partial charge in [0.1, 0.15) is 10.8 Å². The number of hydrazone groups is 1. The molecule has 0 bridgehead atoms. The van der Waals surface area contributed by atoms with Crippen molar-refractivity contribution < 1.29 is 9.85 Å². The van der Waals surface area contributed by atoms with Gasteiger partial charge >= 0.3 is 5.69 Å². The molecule has 2 aromatic carbocycles. The van der Waals surface area contributed by atoms with Gasteiger partial charge in [-0.3, -0.25) is 25.7 Å². The highest BCUT2D eigenvalue weighted by molar-refractivity contribution is 6.32. The first-order valence-corrected chi connectivity index (χ1v) is 8.73.